The second kappa shape index (κ2) is 3.40. The number of alkyl halides is 1. The van der Waals surface area contributed by atoms with Gasteiger partial charge in [-0.25, -0.2) is 4.39 Å². The molecule has 0 fully saturated rings. The Balaban J connectivity index is 3.06. The van der Waals surface area contributed by atoms with Crippen molar-refractivity contribution in [1.29, 1.82) is 0 Å². The lowest BCUT2D eigenvalue weighted by Gasteiger charge is -2.14. The topological polar surface area (TPSA) is 25.8 Å². The monoisotopic (exact) mass is 182 g/mol. The van der Waals surface area contributed by atoms with Crippen LogP contribution in [0, 0.1) is 0 Å². The van der Waals surface area contributed by atoms with Gasteiger partial charge in [0, 0.05) is 0 Å². The number of aromatic nitrogens is 2. The smallest absolute Gasteiger partial charge is 0.149 e. The normalized spacial score (nSPS) is 12.2. The first-order chi connectivity index (χ1) is 5.91. The Labute approximate surface area is 78.2 Å². The molecule has 0 radical (unpaired) electrons. The maximum absolute atomic E-state index is 13.5. The molecule has 0 N–H and O–H groups in total. The van der Waals surface area contributed by atoms with Crippen molar-refractivity contribution in [2.45, 2.75) is 39.3 Å². The van der Waals surface area contributed by atoms with Gasteiger partial charge >= 0.3 is 0 Å². The van der Waals surface area contributed by atoms with E-state index in [4.69, 9.17) is 0 Å². The Morgan fingerprint density at radius 3 is 2.46 bits per heavy atom. The molecule has 0 aliphatic rings. The summed E-state index contributed by atoms with van der Waals surface area (Å²) in [5, 5.41) is 7.55. The van der Waals surface area contributed by atoms with Crippen LogP contribution in [0.25, 0.3) is 0 Å². The molecule has 3 heteroatoms. The van der Waals surface area contributed by atoms with Gasteiger partial charge in [0.05, 0.1) is 11.9 Å². The Bertz CT molecular complexity index is 289. The molecule has 0 atom stereocenters. The summed E-state index contributed by atoms with van der Waals surface area (Å²) in [5.74, 6) is 0.358. The average molecular weight is 182 g/mol. The van der Waals surface area contributed by atoms with E-state index < -0.39 is 5.67 Å². The highest BCUT2D eigenvalue weighted by Crippen LogP contribution is 2.24. The fourth-order valence-corrected chi connectivity index (χ4v) is 0.988. The van der Waals surface area contributed by atoms with Crippen molar-refractivity contribution in [2.24, 2.45) is 0 Å². The lowest BCUT2D eigenvalue weighted by molar-refractivity contribution is 0.212. The predicted octanol–water partition coefficient (Wildman–Crippen LogP) is 2.80. The van der Waals surface area contributed by atoms with Crippen LogP contribution in [-0.4, -0.2) is 10.2 Å². The SMILES string of the molecule is CC(C)c1cnnc(C(C)(C)F)c1. The zero-order valence-electron chi connectivity index (χ0n) is 8.50. The molecular weight excluding hydrogens is 167 g/mol. The molecule has 0 aliphatic carbocycles. The largest absolute Gasteiger partial charge is 0.238 e. The number of rotatable bonds is 2. The van der Waals surface area contributed by atoms with Gasteiger partial charge in [-0.3, -0.25) is 0 Å². The third kappa shape index (κ3) is 2.47. The second-order valence-corrected chi connectivity index (χ2v) is 4.00. The van der Waals surface area contributed by atoms with Gasteiger partial charge in [0.2, 0.25) is 0 Å². The summed E-state index contributed by atoms with van der Waals surface area (Å²) >= 11 is 0. The van der Waals surface area contributed by atoms with Gasteiger partial charge in [0.25, 0.3) is 0 Å². The number of hydrogen-bond acceptors (Lipinski definition) is 2. The van der Waals surface area contributed by atoms with Crippen molar-refractivity contribution in [2.75, 3.05) is 0 Å². The Hall–Kier alpha value is -0.990. The van der Waals surface area contributed by atoms with Gasteiger partial charge in [0.15, 0.2) is 0 Å². The van der Waals surface area contributed by atoms with E-state index >= 15 is 0 Å². The summed E-state index contributed by atoms with van der Waals surface area (Å²) in [6.45, 7) is 7.07. The summed E-state index contributed by atoms with van der Waals surface area (Å²) in [7, 11) is 0. The van der Waals surface area contributed by atoms with E-state index in [1.165, 1.54) is 13.8 Å². The minimum absolute atomic E-state index is 0.358. The molecule has 0 bridgehead atoms. The molecule has 0 unspecified atom stereocenters. The minimum Gasteiger partial charge on any atom is -0.238 e. The van der Waals surface area contributed by atoms with Crippen LogP contribution in [0.15, 0.2) is 12.3 Å². The van der Waals surface area contributed by atoms with E-state index in [1.807, 2.05) is 13.8 Å². The number of hydrogen-bond donors (Lipinski definition) is 0. The molecule has 0 aromatic carbocycles. The zero-order chi connectivity index (χ0) is 10.1. The lowest BCUT2D eigenvalue weighted by atomic mass is 10.0. The van der Waals surface area contributed by atoms with Crippen LogP contribution in [0.3, 0.4) is 0 Å². The molecule has 1 heterocycles. The average Bonchev–Trinajstić information content (AvgIpc) is 2.03. The fraction of sp³-hybridized carbons (Fsp3) is 0.600. The molecule has 1 rings (SSSR count). The van der Waals surface area contributed by atoms with Crippen molar-refractivity contribution < 1.29 is 4.39 Å². The van der Waals surface area contributed by atoms with Crippen molar-refractivity contribution in [3.05, 3.63) is 23.5 Å². The second-order valence-electron chi connectivity index (χ2n) is 4.00. The van der Waals surface area contributed by atoms with E-state index in [1.54, 1.807) is 12.3 Å². The first-order valence-corrected chi connectivity index (χ1v) is 4.43. The van der Waals surface area contributed by atoms with E-state index in [-0.39, 0.29) is 0 Å². The molecule has 0 saturated heterocycles. The van der Waals surface area contributed by atoms with Crippen molar-refractivity contribution in [3.63, 3.8) is 0 Å². The summed E-state index contributed by atoms with van der Waals surface area (Å²) in [6, 6.07) is 1.78. The van der Waals surface area contributed by atoms with Gasteiger partial charge in [0.1, 0.15) is 5.67 Å². The minimum atomic E-state index is -1.40. The lowest BCUT2D eigenvalue weighted by Crippen LogP contribution is -2.13. The molecule has 13 heavy (non-hydrogen) atoms. The molecule has 0 amide bonds. The maximum Gasteiger partial charge on any atom is 0.149 e. The van der Waals surface area contributed by atoms with Gasteiger partial charge in [-0.2, -0.15) is 10.2 Å². The highest BCUT2D eigenvalue weighted by molar-refractivity contribution is 5.19. The molecule has 1 aromatic heterocycles. The van der Waals surface area contributed by atoms with Crippen LogP contribution in [0.4, 0.5) is 4.39 Å². The third-order valence-electron chi connectivity index (χ3n) is 1.95. The molecule has 0 aliphatic heterocycles. The number of nitrogens with zero attached hydrogens (tertiary/aromatic N) is 2. The molecule has 2 nitrogen and oxygen atoms in total. The standard InChI is InChI=1S/C10H15FN2/c1-7(2)8-5-9(10(3,4)11)13-12-6-8/h5-7H,1-4H3. The van der Waals surface area contributed by atoms with Crippen LogP contribution < -0.4 is 0 Å². The molecule has 0 saturated carbocycles. The maximum atomic E-state index is 13.5. The van der Waals surface area contributed by atoms with Crippen LogP contribution in [0.2, 0.25) is 0 Å². The van der Waals surface area contributed by atoms with Crippen LogP contribution >= 0.6 is 0 Å². The third-order valence-corrected chi connectivity index (χ3v) is 1.95. The van der Waals surface area contributed by atoms with Crippen molar-refractivity contribution in [1.82, 2.24) is 10.2 Å². The van der Waals surface area contributed by atoms with Crippen LogP contribution in [0.1, 0.15) is 44.9 Å². The summed E-state index contributed by atoms with van der Waals surface area (Å²) in [5.41, 5.74) is 0.0205. The molecule has 72 valence electrons. The highest BCUT2D eigenvalue weighted by Gasteiger charge is 2.21. The van der Waals surface area contributed by atoms with Crippen LogP contribution in [-0.2, 0) is 5.67 Å². The Morgan fingerprint density at radius 2 is 2.00 bits per heavy atom. The molecule has 1 aromatic rings. The molecule has 0 spiro atoms. The molecular formula is C10H15FN2. The quantitative estimate of drug-likeness (QED) is 0.702. The van der Waals surface area contributed by atoms with E-state index in [9.17, 15) is 4.39 Å². The van der Waals surface area contributed by atoms with E-state index in [2.05, 4.69) is 10.2 Å². The van der Waals surface area contributed by atoms with E-state index in [0.29, 0.717) is 11.6 Å². The predicted molar refractivity (Wildman–Crippen MR) is 50.3 cm³/mol. The van der Waals surface area contributed by atoms with Gasteiger partial charge in [-0.05, 0) is 31.4 Å². The van der Waals surface area contributed by atoms with Crippen LogP contribution in [0.5, 0.6) is 0 Å². The fourth-order valence-electron chi connectivity index (χ4n) is 0.988. The van der Waals surface area contributed by atoms with Crippen molar-refractivity contribution >= 4 is 0 Å². The van der Waals surface area contributed by atoms with Gasteiger partial charge in [-0.15, -0.1) is 0 Å². The van der Waals surface area contributed by atoms with Gasteiger partial charge in [-0.1, -0.05) is 13.8 Å². The summed E-state index contributed by atoms with van der Waals surface area (Å²) in [6.07, 6.45) is 1.68. The first kappa shape index (κ1) is 10.1. The summed E-state index contributed by atoms with van der Waals surface area (Å²) < 4.78 is 13.5. The summed E-state index contributed by atoms with van der Waals surface area (Å²) in [4.78, 5) is 0. The number of halogens is 1. The van der Waals surface area contributed by atoms with Gasteiger partial charge < -0.3 is 0 Å². The van der Waals surface area contributed by atoms with E-state index in [0.717, 1.165) is 5.56 Å². The van der Waals surface area contributed by atoms with Crippen molar-refractivity contribution in [3.8, 4) is 0 Å². The zero-order valence-corrected chi connectivity index (χ0v) is 8.50. The Morgan fingerprint density at radius 1 is 1.38 bits per heavy atom. The first-order valence-electron chi connectivity index (χ1n) is 4.43. The Kier molecular flexibility index (Phi) is 2.64. The highest BCUT2D eigenvalue weighted by atomic mass is 19.1.